The van der Waals surface area contributed by atoms with Crippen LogP contribution in [0.2, 0.25) is 0 Å². The molecule has 4 saturated heterocycles. The zero-order chi connectivity index (χ0) is 39.7. The van der Waals surface area contributed by atoms with Crippen LogP contribution in [0.3, 0.4) is 0 Å². The number of carbonyl (C=O) groups excluding carboxylic acids is 2. The van der Waals surface area contributed by atoms with Crippen LogP contribution in [0.5, 0.6) is 6.01 Å². The molecule has 17 nitrogen and oxygen atoms in total. The Bertz CT molecular complexity index is 1930. The molecule has 56 heavy (non-hydrogen) atoms. The summed E-state index contributed by atoms with van der Waals surface area (Å²) in [5, 5.41) is 3.22. The minimum atomic E-state index is -0.598. The summed E-state index contributed by atoms with van der Waals surface area (Å²) in [6.45, 7) is 17.0. The number of nitrogen functional groups attached to an aromatic ring is 1. The smallest absolute Gasteiger partial charge is 0.410 e. The number of amides is 2. The minimum absolute atomic E-state index is 0.112. The van der Waals surface area contributed by atoms with Crippen molar-refractivity contribution >= 4 is 29.2 Å². The van der Waals surface area contributed by atoms with Crippen molar-refractivity contribution in [2.24, 2.45) is 0 Å². The van der Waals surface area contributed by atoms with Crippen LogP contribution in [-0.4, -0.2) is 141 Å². The molecule has 0 saturated carbocycles. The zero-order valence-corrected chi connectivity index (χ0v) is 33.4. The van der Waals surface area contributed by atoms with Gasteiger partial charge in [-0.25, -0.2) is 14.4 Å². The highest BCUT2D eigenvalue weighted by atomic mass is 16.6. The number of anilines is 1. The molecule has 0 atom stereocenters. The van der Waals surface area contributed by atoms with Crippen LogP contribution in [0.4, 0.5) is 15.4 Å². The van der Waals surface area contributed by atoms with Gasteiger partial charge in [0.2, 0.25) is 0 Å². The van der Waals surface area contributed by atoms with Crippen LogP contribution in [-0.2, 0) is 32.0 Å². The minimum Gasteiger partial charge on any atom is -0.463 e. The number of rotatable bonds is 12. The number of nitrogens with one attached hydrogen (secondary N) is 2. The van der Waals surface area contributed by atoms with E-state index in [0.29, 0.717) is 70.1 Å². The van der Waals surface area contributed by atoms with E-state index in [9.17, 15) is 14.4 Å². The van der Waals surface area contributed by atoms with Gasteiger partial charge < -0.3 is 49.5 Å². The van der Waals surface area contributed by atoms with E-state index in [2.05, 4.69) is 37.3 Å². The number of nitrogens with two attached hydrogens (primary N) is 1. The number of unbranched alkanes of at least 4 members (excludes halogenated alkanes) is 2. The molecule has 3 aromatic rings. The Morgan fingerprint density at radius 2 is 1.46 bits per heavy atom. The SMILES string of the molecule is CC(C)(C)OC(=O)N1CCOC2(CN(Cc3ccc(Cn4c(=O)[nH]c5c(N)nc(OCCCCCC(C)(C)OC(=O)N6CCOC7(CNC7)C6)nc54)cc3)C2)C1. The van der Waals surface area contributed by atoms with Crippen molar-refractivity contribution in [3.8, 4) is 6.01 Å². The third-order valence-electron chi connectivity index (χ3n) is 10.7. The van der Waals surface area contributed by atoms with E-state index >= 15 is 0 Å². The maximum Gasteiger partial charge on any atom is 0.410 e. The lowest BCUT2D eigenvalue weighted by Crippen LogP contribution is -2.70. The molecule has 2 aromatic heterocycles. The van der Waals surface area contributed by atoms with Gasteiger partial charge in [-0.05, 0) is 71.4 Å². The molecule has 4 aliphatic heterocycles. The van der Waals surface area contributed by atoms with Crippen molar-refractivity contribution in [1.82, 2.24) is 39.5 Å². The fourth-order valence-corrected chi connectivity index (χ4v) is 7.80. The number of aromatic nitrogens is 4. The molecular weight excluding hydrogens is 722 g/mol. The van der Waals surface area contributed by atoms with E-state index in [0.717, 1.165) is 63.1 Å². The third-order valence-corrected chi connectivity index (χ3v) is 10.7. The highest BCUT2D eigenvalue weighted by molar-refractivity contribution is 5.82. The predicted molar refractivity (Wildman–Crippen MR) is 208 cm³/mol. The number of H-pyrrole nitrogens is 1. The Balaban J connectivity index is 0.858. The number of hydrogen-bond acceptors (Lipinski definition) is 13. The van der Waals surface area contributed by atoms with Gasteiger partial charge in [0.25, 0.3) is 0 Å². The van der Waals surface area contributed by atoms with E-state index in [-0.39, 0.29) is 40.9 Å². The predicted octanol–water partition coefficient (Wildman–Crippen LogP) is 3.10. The summed E-state index contributed by atoms with van der Waals surface area (Å²) in [6.07, 6.45) is 2.57. The lowest BCUT2D eigenvalue weighted by molar-refractivity contribution is -0.182. The van der Waals surface area contributed by atoms with Gasteiger partial charge in [-0.15, -0.1) is 0 Å². The Morgan fingerprint density at radius 1 is 0.839 bits per heavy atom. The summed E-state index contributed by atoms with van der Waals surface area (Å²) < 4.78 is 30.9. The maximum atomic E-state index is 13.0. The molecule has 2 spiro atoms. The first-order valence-electron chi connectivity index (χ1n) is 19.7. The van der Waals surface area contributed by atoms with E-state index in [1.165, 1.54) is 4.57 Å². The molecule has 0 radical (unpaired) electrons. The van der Waals surface area contributed by atoms with E-state index in [1.54, 1.807) is 9.80 Å². The Kier molecular flexibility index (Phi) is 11.2. The van der Waals surface area contributed by atoms with Crippen LogP contribution in [0, 0.1) is 0 Å². The fraction of sp³-hybridized carbons (Fsp3) is 0.667. The van der Waals surface area contributed by atoms with Crippen LogP contribution in [0.25, 0.3) is 11.2 Å². The second-order valence-corrected chi connectivity index (χ2v) is 17.3. The molecule has 0 bridgehead atoms. The van der Waals surface area contributed by atoms with Crippen molar-refractivity contribution in [1.29, 1.82) is 0 Å². The average molecular weight is 780 g/mol. The summed E-state index contributed by atoms with van der Waals surface area (Å²) in [5.41, 5.74) is 6.93. The number of fused-ring (bicyclic) bond motifs is 1. The van der Waals surface area contributed by atoms with Gasteiger partial charge in [0.05, 0.1) is 39.5 Å². The number of aromatic amines is 1. The highest BCUT2D eigenvalue weighted by Gasteiger charge is 2.48. The summed E-state index contributed by atoms with van der Waals surface area (Å²) >= 11 is 0. The van der Waals surface area contributed by atoms with Gasteiger partial charge in [0.15, 0.2) is 11.5 Å². The number of imidazole rings is 1. The number of benzene rings is 1. The molecule has 7 rings (SSSR count). The first-order chi connectivity index (χ1) is 26.6. The number of carbonyl (C=O) groups is 2. The third kappa shape index (κ3) is 9.39. The molecule has 2 amide bonds. The lowest BCUT2D eigenvalue weighted by Gasteiger charge is -2.53. The van der Waals surface area contributed by atoms with Gasteiger partial charge in [0, 0.05) is 45.8 Å². The van der Waals surface area contributed by atoms with Crippen LogP contribution < -0.4 is 21.5 Å². The molecule has 4 N–H and O–H groups in total. The second kappa shape index (κ2) is 15.8. The number of morpholine rings is 2. The Labute approximate surface area is 327 Å². The normalized spacial score (nSPS) is 19.5. The van der Waals surface area contributed by atoms with Crippen molar-refractivity contribution in [3.05, 3.63) is 45.9 Å². The lowest BCUT2D eigenvalue weighted by atomic mass is 9.91. The summed E-state index contributed by atoms with van der Waals surface area (Å²) in [4.78, 5) is 55.9. The van der Waals surface area contributed by atoms with E-state index in [1.807, 2.05) is 46.8 Å². The van der Waals surface area contributed by atoms with Crippen LogP contribution in [0.15, 0.2) is 29.1 Å². The molecule has 17 heteroatoms. The maximum absolute atomic E-state index is 13.0. The summed E-state index contributed by atoms with van der Waals surface area (Å²) in [6, 6.07) is 8.24. The number of ether oxygens (including phenoxy) is 5. The van der Waals surface area contributed by atoms with Crippen molar-refractivity contribution in [2.45, 2.75) is 95.8 Å². The molecule has 0 aliphatic carbocycles. The molecule has 4 fully saturated rings. The van der Waals surface area contributed by atoms with E-state index in [4.69, 9.17) is 29.4 Å². The second-order valence-electron chi connectivity index (χ2n) is 17.3. The van der Waals surface area contributed by atoms with Gasteiger partial charge in [0.1, 0.15) is 27.9 Å². The Morgan fingerprint density at radius 3 is 2.11 bits per heavy atom. The molecule has 306 valence electrons. The highest BCUT2D eigenvalue weighted by Crippen LogP contribution is 2.31. The topological polar surface area (TPSA) is 192 Å². The standard InChI is InChI=1S/C39H57N9O8/c1-36(2,3)55-34(50)47-15-18-54-39(26-47)23-45(24-39)19-27-9-11-28(12-10-27)20-48-31-29(42-33(48)49)30(40)43-32(44-31)52-16-8-6-7-13-37(4,5)56-35(51)46-14-17-53-38(25-46)21-41-22-38/h9-12,41H,6-8,13-26H2,1-5H3,(H,42,49)(H2,40,43,44). The Hall–Kier alpha value is -4.45. The van der Waals surface area contributed by atoms with Gasteiger partial charge in [-0.1, -0.05) is 24.3 Å². The molecule has 0 unspecified atom stereocenters. The van der Waals surface area contributed by atoms with Crippen molar-refractivity contribution < 1.29 is 33.3 Å². The number of likely N-dealkylation sites (tertiary alicyclic amines) is 1. The fourth-order valence-electron chi connectivity index (χ4n) is 7.80. The van der Waals surface area contributed by atoms with Crippen molar-refractivity contribution in [3.63, 3.8) is 0 Å². The van der Waals surface area contributed by atoms with Gasteiger partial charge in [-0.2, -0.15) is 9.97 Å². The van der Waals surface area contributed by atoms with Gasteiger partial charge in [-0.3, -0.25) is 9.47 Å². The molecular formula is C39H57N9O8. The van der Waals surface area contributed by atoms with Crippen LogP contribution in [0.1, 0.15) is 71.4 Å². The molecule has 1 aromatic carbocycles. The van der Waals surface area contributed by atoms with Gasteiger partial charge >= 0.3 is 23.9 Å². The van der Waals surface area contributed by atoms with Crippen LogP contribution >= 0.6 is 0 Å². The molecule has 4 aliphatic rings. The summed E-state index contributed by atoms with van der Waals surface area (Å²) in [5.74, 6) is 0.142. The largest absolute Gasteiger partial charge is 0.463 e. The number of hydrogen-bond donors (Lipinski definition) is 3. The zero-order valence-electron chi connectivity index (χ0n) is 33.4. The molecule has 6 heterocycles. The first kappa shape index (κ1) is 39.8. The monoisotopic (exact) mass is 779 g/mol. The van der Waals surface area contributed by atoms with E-state index < -0.39 is 11.2 Å². The first-order valence-corrected chi connectivity index (χ1v) is 19.7. The summed E-state index contributed by atoms with van der Waals surface area (Å²) in [7, 11) is 0. The van der Waals surface area contributed by atoms with Crippen molar-refractivity contribution in [2.75, 3.05) is 77.9 Å². The average Bonchev–Trinajstić information content (AvgIpc) is 3.43. The quantitative estimate of drug-likeness (QED) is 0.228. The number of nitrogens with zero attached hydrogens (tertiary/aromatic N) is 6.